The summed E-state index contributed by atoms with van der Waals surface area (Å²) in [7, 11) is 0. The van der Waals surface area contributed by atoms with Crippen LogP contribution in [0.2, 0.25) is 0 Å². The Hall–Kier alpha value is -0.160. The molecule has 1 aromatic heterocycles. The molecule has 1 atom stereocenters. The van der Waals surface area contributed by atoms with Crippen LogP contribution in [0.15, 0.2) is 44.0 Å². The van der Waals surface area contributed by atoms with E-state index in [2.05, 4.69) is 79.1 Å². The fourth-order valence-corrected chi connectivity index (χ4v) is 3.90. The van der Waals surface area contributed by atoms with Gasteiger partial charge in [0.15, 0.2) is 0 Å². The number of halogens is 2. The van der Waals surface area contributed by atoms with Crippen LogP contribution < -0.4 is 5.32 Å². The molecule has 0 bridgehead atoms. The van der Waals surface area contributed by atoms with Crippen LogP contribution in [0.3, 0.4) is 0 Å². The molecule has 1 nitrogen and oxygen atoms in total. The molecule has 0 fully saturated rings. The van der Waals surface area contributed by atoms with Crippen molar-refractivity contribution in [3.05, 3.63) is 55.1 Å². The second-order valence-corrected chi connectivity index (χ2v) is 7.03. The lowest BCUT2D eigenvalue weighted by Gasteiger charge is -2.18. The van der Waals surface area contributed by atoms with Crippen LogP contribution in [-0.4, -0.2) is 6.54 Å². The van der Waals surface area contributed by atoms with Crippen molar-refractivity contribution in [1.82, 2.24) is 5.32 Å². The van der Waals surface area contributed by atoms with Gasteiger partial charge >= 0.3 is 0 Å². The van der Waals surface area contributed by atoms with E-state index in [1.54, 1.807) is 11.3 Å². The third-order valence-electron chi connectivity index (χ3n) is 3.01. The zero-order chi connectivity index (χ0) is 13.7. The molecule has 0 saturated heterocycles. The molecule has 0 spiro atoms. The first kappa shape index (κ1) is 15.2. The maximum absolute atomic E-state index is 3.65. The van der Waals surface area contributed by atoms with E-state index in [0.717, 1.165) is 23.9 Å². The molecular formula is C15H17Br2NS. The highest BCUT2D eigenvalue weighted by atomic mass is 79.9. The van der Waals surface area contributed by atoms with Gasteiger partial charge in [0.2, 0.25) is 0 Å². The number of hydrogen-bond donors (Lipinski definition) is 1. The summed E-state index contributed by atoms with van der Waals surface area (Å²) in [6.45, 7) is 3.25. The molecule has 4 heteroatoms. The van der Waals surface area contributed by atoms with Crippen LogP contribution in [0.5, 0.6) is 0 Å². The number of hydrogen-bond acceptors (Lipinski definition) is 2. The third kappa shape index (κ3) is 4.42. The Kier molecular flexibility index (Phi) is 6.07. The minimum absolute atomic E-state index is 0.377. The van der Waals surface area contributed by atoms with Crippen LogP contribution in [0.1, 0.15) is 30.5 Å². The van der Waals surface area contributed by atoms with E-state index in [4.69, 9.17) is 0 Å². The predicted molar refractivity (Wildman–Crippen MR) is 90.9 cm³/mol. The van der Waals surface area contributed by atoms with Crippen LogP contribution in [-0.2, 0) is 6.42 Å². The van der Waals surface area contributed by atoms with Crippen molar-refractivity contribution < 1.29 is 0 Å². The van der Waals surface area contributed by atoms with Gasteiger partial charge in [0.25, 0.3) is 0 Å². The molecule has 1 aromatic carbocycles. The van der Waals surface area contributed by atoms with Gasteiger partial charge in [0.05, 0.1) is 0 Å². The number of rotatable bonds is 6. The fraction of sp³-hybridized carbons (Fsp3) is 0.333. The Morgan fingerprint density at radius 1 is 1.16 bits per heavy atom. The number of benzene rings is 1. The zero-order valence-corrected chi connectivity index (χ0v) is 14.8. The third-order valence-corrected chi connectivity index (χ3v) is 5.29. The van der Waals surface area contributed by atoms with Crippen LogP contribution in [0, 0.1) is 0 Å². The van der Waals surface area contributed by atoms with Crippen molar-refractivity contribution in [3.8, 4) is 0 Å². The Morgan fingerprint density at radius 3 is 2.47 bits per heavy atom. The van der Waals surface area contributed by atoms with E-state index in [0.29, 0.717) is 6.04 Å². The number of thiophene rings is 1. The lowest BCUT2D eigenvalue weighted by atomic mass is 10.0. The smallest absolute Gasteiger partial charge is 0.0380 e. The minimum atomic E-state index is 0.377. The Labute approximate surface area is 135 Å². The number of nitrogens with one attached hydrogen (secondary N) is 1. The molecule has 0 aliphatic heterocycles. The Morgan fingerprint density at radius 2 is 1.89 bits per heavy atom. The van der Waals surface area contributed by atoms with Gasteiger partial charge in [-0.05, 0) is 64.0 Å². The molecule has 1 unspecified atom stereocenters. The van der Waals surface area contributed by atoms with E-state index in [9.17, 15) is 0 Å². The maximum Gasteiger partial charge on any atom is 0.0380 e. The van der Waals surface area contributed by atoms with Crippen molar-refractivity contribution in [3.63, 3.8) is 0 Å². The summed E-state index contributed by atoms with van der Waals surface area (Å²) in [5, 5.41) is 8.02. The molecule has 1 heterocycles. The monoisotopic (exact) mass is 401 g/mol. The quantitative estimate of drug-likeness (QED) is 0.667. The molecule has 102 valence electrons. The Balaban J connectivity index is 2.14. The van der Waals surface area contributed by atoms with E-state index >= 15 is 0 Å². The predicted octanol–water partition coefficient (Wildman–Crippen LogP) is 5.56. The van der Waals surface area contributed by atoms with Crippen LogP contribution in [0.25, 0.3) is 0 Å². The van der Waals surface area contributed by atoms with Crippen molar-refractivity contribution >= 4 is 43.2 Å². The average Bonchev–Trinajstić information content (AvgIpc) is 2.83. The largest absolute Gasteiger partial charge is 0.310 e. The summed E-state index contributed by atoms with van der Waals surface area (Å²) in [6, 6.07) is 8.96. The van der Waals surface area contributed by atoms with E-state index in [1.807, 2.05) is 0 Å². The first-order valence-electron chi connectivity index (χ1n) is 6.40. The molecule has 0 aliphatic carbocycles. The summed E-state index contributed by atoms with van der Waals surface area (Å²) < 4.78 is 2.34. The second-order valence-electron chi connectivity index (χ2n) is 4.51. The molecule has 0 aliphatic rings. The summed E-state index contributed by atoms with van der Waals surface area (Å²) >= 11 is 8.88. The molecule has 0 amide bonds. The van der Waals surface area contributed by atoms with E-state index in [-0.39, 0.29) is 0 Å². The lowest BCUT2D eigenvalue weighted by molar-refractivity contribution is 0.529. The molecule has 0 radical (unpaired) electrons. The molecule has 2 aromatic rings. The van der Waals surface area contributed by atoms with Gasteiger partial charge in [-0.1, -0.05) is 35.0 Å². The highest BCUT2D eigenvalue weighted by Crippen LogP contribution is 2.29. The molecule has 2 rings (SSSR count). The lowest BCUT2D eigenvalue weighted by Crippen LogP contribution is -2.24. The molecule has 1 N–H and O–H groups in total. The van der Waals surface area contributed by atoms with Crippen LogP contribution in [0.4, 0.5) is 0 Å². The molecular weight excluding hydrogens is 386 g/mol. The van der Waals surface area contributed by atoms with Crippen molar-refractivity contribution in [1.29, 1.82) is 0 Å². The molecule has 19 heavy (non-hydrogen) atoms. The van der Waals surface area contributed by atoms with Crippen LogP contribution >= 0.6 is 43.2 Å². The molecule has 0 saturated carbocycles. The first-order chi connectivity index (χ1) is 9.20. The summed E-state index contributed by atoms with van der Waals surface area (Å²) in [4.78, 5) is 0. The standard InChI is InChI=1S/C15H17Br2NS/c1-2-7-18-15(13-9-19-10-14(13)17)8-11-3-5-12(16)6-4-11/h3-6,9-10,15,18H,2,7-8H2,1H3. The topological polar surface area (TPSA) is 12.0 Å². The SMILES string of the molecule is CCCNC(Cc1ccc(Br)cc1)c1cscc1Br. The summed E-state index contributed by atoms with van der Waals surface area (Å²) in [5.41, 5.74) is 2.72. The van der Waals surface area contributed by atoms with Gasteiger partial charge in [0, 0.05) is 20.4 Å². The fourth-order valence-electron chi connectivity index (χ4n) is 2.01. The summed E-state index contributed by atoms with van der Waals surface area (Å²) in [6.07, 6.45) is 2.17. The maximum atomic E-state index is 3.65. The van der Waals surface area contributed by atoms with Crippen molar-refractivity contribution in [2.75, 3.05) is 6.54 Å². The zero-order valence-electron chi connectivity index (χ0n) is 10.8. The summed E-state index contributed by atoms with van der Waals surface area (Å²) in [5.74, 6) is 0. The van der Waals surface area contributed by atoms with Crippen molar-refractivity contribution in [2.24, 2.45) is 0 Å². The Bertz CT molecular complexity index is 507. The van der Waals surface area contributed by atoms with E-state index in [1.165, 1.54) is 15.6 Å². The van der Waals surface area contributed by atoms with Gasteiger partial charge in [-0.3, -0.25) is 0 Å². The highest BCUT2D eigenvalue weighted by Gasteiger charge is 2.15. The highest BCUT2D eigenvalue weighted by molar-refractivity contribution is 9.10. The van der Waals surface area contributed by atoms with Gasteiger partial charge in [-0.2, -0.15) is 11.3 Å². The normalized spacial score (nSPS) is 12.6. The van der Waals surface area contributed by atoms with Crippen molar-refractivity contribution in [2.45, 2.75) is 25.8 Å². The van der Waals surface area contributed by atoms with Gasteiger partial charge in [-0.25, -0.2) is 0 Å². The van der Waals surface area contributed by atoms with Gasteiger partial charge in [-0.15, -0.1) is 0 Å². The van der Waals surface area contributed by atoms with Gasteiger partial charge in [0.1, 0.15) is 0 Å². The average molecular weight is 403 g/mol. The first-order valence-corrected chi connectivity index (χ1v) is 8.93. The van der Waals surface area contributed by atoms with Gasteiger partial charge < -0.3 is 5.32 Å². The minimum Gasteiger partial charge on any atom is -0.310 e. The second kappa shape index (κ2) is 7.58. The van der Waals surface area contributed by atoms with E-state index < -0.39 is 0 Å².